The van der Waals surface area contributed by atoms with E-state index in [0.717, 1.165) is 5.56 Å². The lowest BCUT2D eigenvalue weighted by atomic mass is 10.0. The van der Waals surface area contributed by atoms with Crippen molar-refractivity contribution in [2.45, 2.75) is 6.54 Å². The average molecular weight is 661 g/mol. The van der Waals surface area contributed by atoms with Gasteiger partial charge in [-0.3, -0.25) is 19.1 Å². The third-order valence-electron chi connectivity index (χ3n) is 6.86. The molecule has 5 rings (SSSR count). The summed E-state index contributed by atoms with van der Waals surface area (Å²) in [6.07, 6.45) is 8.16. The molecule has 0 radical (unpaired) electrons. The van der Waals surface area contributed by atoms with E-state index in [9.17, 15) is 9.59 Å². The van der Waals surface area contributed by atoms with Crippen LogP contribution in [-0.4, -0.2) is 65.2 Å². The SMILES string of the molecule is COc1cc(OC)c(Cl)c(-c2cc3cnc(Nc4cccnc4)nc3n(Cc3cccc(NC(=O)/C=C/CN(C)C)c3)c2=O)c1Cl. The van der Waals surface area contributed by atoms with E-state index in [2.05, 4.69) is 20.6 Å². The molecule has 0 spiro atoms. The van der Waals surface area contributed by atoms with Crippen LogP contribution in [0.5, 0.6) is 11.5 Å². The number of likely N-dealkylation sites (N-methyl/N-ethyl adjacent to an activating group) is 1. The fourth-order valence-corrected chi connectivity index (χ4v) is 5.42. The number of nitrogens with zero attached hydrogens (tertiary/aromatic N) is 5. The number of hydrogen-bond donors (Lipinski definition) is 2. The van der Waals surface area contributed by atoms with Crippen molar-refractivity contribution in [2.75, 3.05) is 45.5 Å². The van der Waals surface area contributed by atoms with Crippen molar-refractivity contribution in [1.82, 2.24) is 24.4 Å². The molecule has 46 heavy (non-hydrogen) atoms. The standard InChI is InChI=1S/C33H31Cl2N7O4/c1-41(2)13-7-11-27(43)38-22-9-5-8-20(14-22)19-42-31-21(17-37-33(40-31)39-23-10-6-12-36-18-23)15-24(32(42)44)28-29(34)25(45-3)16-26(46-4)30(28)35/h5-12,14-18H,13,19H2,1-4H3,(H,38,43)(H,37,39,40)/b11-7+. The number of aromatic nitrogens is 4. The summed E-state index contributed by atoms with van der Waals surface area (Å²) in [6.45, 7) is 0.732. The van der Waals surface area contributed by atoms with Crippen LogP contribution in [0.3, 0.4) is 0 Å². The highest BCUT2D eigenvalue weighted by Crippen LogP contribution is 2.45. The zero-order valence-electron chi connectivity index (χ0n) is 25.5. The molecule has 236 valence electrons. The van der Waals surface area contributed by atoms with E-state index >= 15 is 0 Å². The summed E-state index contributed by atoms with van der Waals surface area (Å²) >= 11 is 13.5. The van der Waals surface area contributed by atoms with E-state index in [1.807, 2.05) is 31.1 Å². The number of methoxy groups -OCH3 is 2. The number of rotatable bonds is 11. The number of ether oxygens (including phenoxy) is 2. The summed E-state index contributed by atoms with van der Waals surface area (Å²) in [5, 5.41) is 6.85. The van der Waals surface area contributed by atoms with Gasteiger partial charge in [0.15, 0.2) is 0 Å². The zero-order valence-corrected chi connectivity index (χ0v) is 27.1. The molecule has 0 unspecified atom stereocenters. The number of carbonyl (C=O) groups is 1. The van der Waals surface area contributed by atoms with Crippen LogP contribution in [0.2, 0.25) is 10.0 Å². The Hall–Kier alpha value is -4.97. The van der Waals surface area contributed by atoms with Crippen molar-refractivity contribution in [2.24, 2.45) is 0 Å². The van der Waals surface area contributed by atoms with Crippen LogP contribution in [0.4, 0.5) is 17.3 Å². The number of carbonyl (C=O) groups excluding carboxylic acids is 1. The Morgan fingerprint density at radius 1 is 1.00 bits per heavy atom. The van der Waals surface area contributed by atoms with Gasteiger partial charge in [0.05, 0.1) is 48.3 Å². The average Bonchev–Trinajstić information content (AvgIpc) is 3.04. The molecule has 0 atom stereocenters. The number of anilines is 3. The van der Waals surface area contributed by atoms with Gasteiger partial charge < -0.3 is 25.0 Å². The molecule has 13 heteroatoms. The third kappa shape index (κ3) is 7.28. The number of nitrogens with one attached hydrogen (secondary N) is 2. The van der Waals surface area contributed by atoms with Crippen LogP contribution in [0.15, 0.2) is 84.1 Å². The number of amides is 1. The summed E-state index contributed by atoms with van der Waals surface area (Å²) in [4.78, 5) is 42.1. The Morgan fingerprint density at radius 2 is 1.74 bits per heavy atom. The second kappa shape index (κ2) is 14.4. The van der Waals surface area contributed by atoms with Crippen LogP contribution < -0.4 is 25.7 Å². The summed E-state index contributed by atoms with van der Waals surface area (Å²) in [5.41, 5.74) is 2.38. The molecule has 5 aromatic rings. The van der Waals surface area contributed by atoms with Crippen molar-refractivity contribution in [3.8, 4) is 22.6 Å². The Kier molecular flexibility index (Phi) is 10.2. The smallest absolute Gasteiger partial charge is 0.260 e. The Labute approximate surface area is 275 Å². The molecule has 2 aromatic carbocycles. The number of pyridine rings is 2. The van der Waals surface area contributed by atoms with E-state index in [1.54, 1.807) is 61.1 Å². The molecule has 0 fully saturated rings. The maximum Gasteiger partial charge on any atom is 0.260 e. The lowest BCUT2D eigenvalue weighted by Crippen LogP contribution is -2.24. The second-order valence-corrected chi connectivity index (χ2v) is 11.2. The summed E-state index contributed by atoms with van der Waals surface area (Å²) in [5.74, 6) is 0.586. The topological polar surface area (TPSA) is 124 Å². The van der Waals surface area contributed by atoms with E-state index in [1.165, 1.54) is 24.9 Å². The molecule has 0 aliphatic heterocycles. The van der Waals surface area contributed by atoms with E-state index in [-0.39, 0.29) is 39.6 Å². The first-order valence-corrected chi connectivity index (χ1v) is 14.8. The second-order valence-electron chi connectivity index (χ2n) is 10.4. The lowest BCUT2D eigenvalue weighted by molar-refractivity contribution is -0.111. The van der Waals surface area contributed by atoms with Crippen LogP contribution >= 0.6 is 23.2 Å². The van der Waals surface area contributed by atoms with Crippen molar-refractivity contribution in [1.29, 1.82) is 0 Å². The van der Waals surface area contributed by atoms with Crippen molar-refractivity contribution in [3.63, 3.8) is 0 Å². The van der Waals surface area contributed by atoms with Gasteiger partial charge in [0.25, 0.3) is 5.56 Å². The normalized spacial score (nSPS) is 11.3. The number of halogens is 2. The first-order chi connectivity index (χ1) is 22.2. The first-order valence-electron chi connectivity index (χ1n) is 14.1. The van der Waals surface area contributed by atoms with Gasteiger partial charge in [0.1, 0.15) is 17.1 Å². The maximum atomic E-state index is 14.4. The summed E-state index contributed by atoms with van der Waals surface area (Å²) in [7, 11) is 6.76. The van der Waals surface area contributed by atoms with E-state index in [0.29, 0.717) is 40.5 Å². The highest BCUT2D eigenvalue weighted by atomic mass is 35.5. The highest BCUT2D eigenvalue weighted by Gasteiger charge is 2.23. The van der Waals surface area contributed by atoms with Crippen LogP contribution in [0.25, 0.3) is 22.2 Å². The molecule has 0 saturated carbocycles. The predicted octanol–water partition coefficient (Wildman–Crippen LogP) is 6.03. The van der Waals surface area contributed by atoms with Crippen LogP contribution in [0.1, 0.15) is 5.56 Å². The minimum atomic E-state index is -0.418. The van der Waals surface area contributed by atoms with Crippen molar-refractivity contribution < 1.29 is 14.3 Å². The third-order valence-corrected chi connectivity index (χ3v) is 7.61. The molecule has 3 aromatic heterocycles. The van der Waals surface area contributed by atoms with Gasteiger partial charge in [-0.15, -0.1) is 0 Å². The van der Waals surface area contributed by atoms with Crippen LogP contribution in [-0.2, 0) is 11.3 Å². The molecule has 0 bridgehead atoms. The minimum Gasteiger partial charge on any atom is -0.495 e. The van der Waals surface area contributed by atoms with E-state index in [4.69, 9.17) is 37.7 Å². The fourth-order valence-electron chi connectivity index (χ4n) is 4.72. The van der Waals surface area contributed by atoms with Gasteiger partial charge in [0, 0.05) is 47.7 Å². The quantitative estimate of drug-likeness (QED) is 0.164. The molecule has 3 heterocycles. The molecular weight excluding hydrogens is 629 g/mol. The Morgan fingerprint density at radius 3 is 2.41 bits per heavy atom. The zero-order chi connectivity index (χ0) is 32.8. The fraction of sp³-hybridized carbons (Fsp3) is 0.182. The summed E-state index contributed by atoms with van der Waals surface area (Å²) < 4.78 is 12.4. The molecular formula is C33H31Cl2N7O4. The largest absolute Gasteiger partial charge is 0.495 e. The number of hydrogen-bond acceptors (Lipinski definition) is 9. The molecule has 0 aliphatic rings. The van der Waals surface area contributed by atoms with E-state index < -0.39 is 5.56 Å². The Balaban J connectivity index is 1.63. The van der Waals surface area contributed by atoms with Gasteiger partial charge in [-0.2, -0.15) is 4.98 Å². The van der Waals surface area contributed by atoms with Gasteiger partial charge in [0.2, 0.25) is 11.9 Å². The minimum absolute atomic E-state index is 0.100. The molecule has 2 N–H and O–H groups in total. The number of benzene rings is 2. The summed E-state index contributed by atoms with van der Waals surface area (Å²) in [6, 6.07) is 14.0. The highest BCUT2D eigenvalue weighted by molar-refractivity contribution is 6.41. The molecule has 0 saturated heterocycles. The van der Waals surface area contributed by atoms with Crippen molar-refractivity contribution in [3.05, 3.63) is 105 Å². The Bertz CT molecular complexity index is 1950. The first kappa shape index (κ1) is 32.4. The molecule has 1 amide bonds. The lowest BCUT2D eigenvalue weighted by Gasteiger charge is -2.17. The number of fused-ring (bicyclic) bond motifs is 1. The van der Waals surface area contributed by atoms with Gasteiger partial charge >= 0.3 is 0 Å². The molecule has 0 aliphatic carbocycles. The van der Waals surface area contributed by atoms with Crippen molar-refractivity contribution >= 4 is 57.5 Å². The van der Waals surface area contributed by atoms with Crippen LogP contribution in [0, 0.1) is 0 Å². The van der Waals surface area contributed by atoms with Gasteiger partial charge in [-0.05, 0) is 50.0 Å². The monoisotopic (exact) mass is 659 g/mol. The predicted molar refractivity (Wildman–Crippen MR) is 182 cm³/mol. The van der Waals surface area contributed by atoms with Gasteiger partial charge in [-0.1, -0.05) is 41.4 Å². The molecule has 11 nitrogen and oxygen atoms in total. The van der Waals surface area contributed by atoms with Gasteiger partial charge in [-0.25, -0.2) is 4.98 Å². The maximum absolute atomic E-state index is 14.4.